The fourth-order valence-corrected chi connectivity index (χ4v) is 8.22. The van der Waals surface area contributed by atoms with Crippen LogP contribution >= 0.6 is 0 Å². The number of likely N-dealkylation sites (tertiary alicyclic amines) is 1. The topological polar surface area (TPSA) is 136 Å². The van der Waals surface area contributed by atoms with Gasteiger partial charge in [0.05, 0.1) is 35.3 Å². The normalized spacial score (nSPS) is 22.5. The van der Waals surface area contributed by atoms with Gasteiger partial charge >= 0.3 is 5.97 Å². The summed E-state index contributed by atoms with van der Waals surface area (Å²) in [4.78, 5) is 52.3. The molecule has 9 nitrogen and oxygen atoms in total. The molecule has 5 atom stereocenters. The number of hydrogen-bond acceptors (Lipinski definition) is 8. The average Bonchev–Trinajstić information content (AvgIpc) is 3.82. The highest BCUT2D eigenvalue weighted by Gasteiger charge is 2.66. The quantitative estimate of drug-likeness (QED) is 0.114. The molecular formula is C43H36N4O5. The number of rotatable bonds is 10. The highest BCUT2D eigenvalue weighted by Crippen LogP contribution is 2.64. The Kier molecular flexibility index (Phi) is 8.66. The molecule has 9 heteroatoms. The van der Waals surface area contributed by atoms with E-state index in [-0.39, 0.29) is 25.0 Å². The molecule has 5 aromatic rings. The van der Waals surface area contributed by atoms with Crippen molar-refractivity contribution in [3.05, 3.63) is 185 Å². The summed E-state index contributed by atoms with van der Waals surface area (Å²) in [5.74, 6) is -3.93. The van der Waals surface area contributed by atoms with Crippen molar-refractivity contribution in [2.75, 3.05) is 13.2 Å². The van der Waals surface area contributed by atoms with Gasteiger partial charge in [0.1, 0.15) is 6.61 Å². The fraction of sp³-hybridized carbons (Fsp3) is 0.186. The van der Waals surface area contributed by atoms with E-state index in [0.717, 1.165) is 22.3 Å². The number of benzene rings is 3. The molecule has 52 heavy (non-hydrogen) atoms. The third-order valence-electron chi connectivity index (χ3n) is 10.5. The van der Waals surface area contributed by atoms with E-state index in [4.69, 9.17) is 15.5 Å². The minimum atomic E-state index is -1.71. The molecule has 2 bridgehead atoms. The Labute approximate surface area is 301 Å². The number of esters is 1. The number of ether oxygens (including phenoxy) is 1. The second-order valence-electron chi connectivity index (χ2n) is 13.2. The summed E-state index contributed by atoms with van der Waals surface area (Å²) in [5, 5.41) is 13.1. The lowest BCUT2D eigenvalue weighted by atomic mass is 9.71. The second kappa shape index (κ2) is 13.6. The summed E-state index contributed by atoms with van der Waals surface area (Å²) >= 11 is 0. The van der Waals surface area contributed by atoms with Gasteiger partial charge in [-0.15, -0.1) is 0 Å². The Balaban J connectivity index is 1.22. The van der Waals surface area contributed by atoms with Crippen LogP contribution in [0, 0.1) is 23.7 Å². The first-order valence-corrected chi connectivity index (χ1v) is 17.4. The number of allylic oxidation sites excluding steroid dienone is 2. The minimum absolute atomic E-state index is 0.0832. The number of nitrogens with zero attached hydrogens (tertiary/aromatic N) is 3. The molecule has 258 valence electrons. The van der Waals surface area contributed by atoms with Gasteiger partial charge in [0, 0.05) is 36.3 Å². The van der Waals surface area contributed by atoms with Gasteiger partial charge in [0.15, 0.2) is 5.60 Å². The highest BCUT2D eigenvalue weighted by atomic mass is 16.5. The van der Waals surface area contributed by atoms with E-state index in [1.807, 2.05) is 91.0 Å². The molecule has 2 amide bonds. The molecule has 0 radical (unpaired) electrons. The fourth-order valence-electron chi connectivity index (χ4n) is 8.22. The van der Waals surface area contributed by atoms with Crippen LogP contribution < -0.4 is 5.73 Å². The van der Waals surface area contributed by atoms with Crippen LogP contribution in [0.2, 0.25) is 0 Å². The number of carbonyl (C=O) groups excluding carboxylic acids is 3. The predicted octanol–water partition coefficient (Wildman–Crippen LogP) is 5.32. The summed E-state index contributed by atoms with van der Waals surface area (Å²) in [6, 6.07) is 37.0. The molecule has 3 aromatic carbocycles. The largest absolute Gasteiger partial charge is 0.460 e. The summed E-state index contributed by atoms with van der Waals surface area (Å²) < 4.78 is 5.52. The number of fused-ring (bicyclic) bond motifs is 5. The number of hydrogen-bond donors (Lipinski definition) is 2. The molecule has 1 aliphatic heterocycles. The minimum Gasteiger partial charge on any atom is -0.460 e. The first-order valence-electron chi connectivity index (χ1n) is 17.4. The molecule has 2 aromatic heterocycles. The van der Waals surface area contributed by atoms with Crippen LogP contribution in [0.1, 0.15) is 38.4 Å². The highest BCUT2D eigenvalue weighted by molar-refractivity contribution is 6.08. The van der Waals surface area contributed by atoms with Crippen molar-refractivity contribution >= 4 is 23.4 Å². The van der Waals surface area contributed by atoms with Gasteiger partial charge in [0.25, 0.3) is 0 Å². The van der Waals surface area contributed by atoms with Crippen molar-refractivity contribution in [2.45, 2.75) is 12.1 Å². The number of aromatic nitrogens is 2. The Morgan fingerprint density at radius 1 is 0.769 bits per heavy atom. The molecule has 3 heterocycles. The third kappa shape index (κ3) is 5.46. The lowest BCUT2D eigenvalue weighted by molar-refractivity contribution is -0.141. The summed E-state index contributed by atoms with van der Waals surface area (Å²) in [6.45, 7) is 0.115. The van der Waals surface area contributed by atoms with E-state index >= 15 is 0 Å². The van der Waals surface area contributed by atoms with E-state index in [0.29, 0.717) is 34.6 Å². The van der Waals surface area contributed by atoms with Gasteiger partial charge in [-0.3, -0.25) is 24.5 Å². The molecule has 2 aliphatic carbocycles. The van der Waals surface area contributed by atoms with Gasteiger partial charge in [-0.1, -0.05) is 91.0 Å². The molecule has 3 aliphatic rings. The predicted molar refractivity (Wildman–Crippen MR) is 194 cm³/mol. The zero-order valence-corrected chi connectivity index (χ0v) is 28.2. The molecule has 3 N–H and O–H groups in total. The smallest absolute Gasteiger partial charge is 0.338 e. The molecule has 8 rings (SSSR count). The number of imide groups is 1. The number of aliphatic hydroxyl groups is 1. The Bertz CT molecular complexity index is 2110. The standard InChI is InChI=1S/C43H36N4O5/c44-26-27-17-19-29(20-18-27)42(50)52-24-23-47-40(48)37-31-25-32(43(51,30-13-5-2-6-14-30)34-16-8-10-22-46-34)38(39(37)41(47)49)36(31)35(28-11-3-1-4-12-28)33-15-7-9-21-45-33/h1-22,25,31,37-39,51H,23-24,26,44H2. The van der Waals surface area contributed by atoms with Gasteiger partial charge in [0.2, 0.25) is 11.8 Å². The number of carbonyl (C=O) groups is 3. The second-order valence-corrected chi connectivity index (χ2v) is 13.2. The number of nitrogens with two attached hydrogens (primary N) is 1. The van der Waals surface area contributed by atoms with Crippen molar-refractivity contribution in [2.24, 2.45) is 29.4 Å². The lowest BCUT2D eigenvalue weighted by Gasteiger charge is -2.36. The zero-order valence-electron chi connectivity index (χ0n) is 28.2. The van der Waals surface area contributed by atoms with Crippen LogP contribution in [0.4, 0.5) is 0 Å². The first-order chi connectivity index (χ1) is 25.4. The van der Waals surface area contributed by atoms with Crippen molar-refractivity contribution in [1.29, 1.82) is 0 Å². The van der Waals surface area contributed by atoms with E-state index in [9.17, 15) is 19.5 Å². The average molecular weight is 689 g/mol. The molecule has 1 saturated carbocycles. The number of pyridine rings is 2. The monoisotopic (exact) mass is 688 g/mol. The van der Waals surface area contributed by atoms with Crippen molar-refractivity contribution in [3.8, 4) is 0 Å². The van der Waals surface area contributed by atoms with Crippen LogP contribution in [-0.2, 0) is 26.5 Å². The van der Waals surface area contributed by atoms with Crippen LogP contribution in [0.15, 0.2) is 151 Å². The molecular weight excluding hydrogens is 652 g/mol. The SMILES string of the molecule is NCc1ccc(C(=O)OCCN2C(=O)C3C4C=C(C(O)(c5ccccc5)c5ccccn5)C(C4=C(c4ccccc4)c4ccccn4)C3C2=O)cc1. The molecule has 1 saturated heterocycles. The first kappa shape index (κ1) is 33.1. The summed E-state index contributed by atoms with van der Waals surface area (Å²) in [5.41, 5.74) is 10.1. The van der Waals surface area contributed by atoms with Gasteiger partial charge < -0.3 is 15.6 Å². The Morgan fingerprint density at radius 2 is 1.42 bits per heavy atom. The number of amides is 2. The van der Waals surface area contributed by atoms with Gasteiger partial charge in [-0.25, -0.2) is 4.79 Å². The van der Waals surface area contributed by atoms with Gasteiger partial charge in [-0.05, 0) is 64.2 Å². The maximum Gasteiger partial charge on any atom is 0.338 e. The van der Waals surface area contributed by atoms with Crippen LogP contribution in [0.5, 0.6) is 0 Å². The maximum absolute atomic E-state index is 14.6. The van der Waals surface area contributed by atoms with Crippen molar-refractivity contribution in [3.63, 3.8) is 0 Å². The Morgan fingerprint density at radius 3 is 2.08 bits per heavy atom. The van der Waals surface area contributed by atoms with Gasteiger partial charge in [-0.2, -0.15) is 0 Å². The van der Waals surface area contributed by atoms with Crippen LogP contribution in [0.3, 0.4) is 0 Å². The van der Waals surface area contributed by atoms with E-state index in [1.54, 1.807) is 48.8 Å². The van der Waals surface area contributed by atoms with E-state index in [2.05, 4.69) is 4.98 Å². The van der Waals surface area contributed by atoms with Crippen LogP contribution in [0.25, 0.3) is 5.57 Å². The molecule has 5 unspecified atom stereocenters. The summed E-state index contributed by atoms with van der Waals surface area (Å²) in [6.07, 6.45) is 5.35. The lowest BCUT2D eigenvalue weighted by Crippen LogP contribution is -2.39. The van der Waals surface area contributed by atoms with E-state index in [1.165, 1.54) is 4.90 Å². The van der Waals surface area contributed by atoms with Crippen molar-refractivity contribution in [1.82, 2.24) is 14.9 Å². The molecule has 0 spiro atoms. The van der Waals surface area contributed by atoms with Crippen LogP contribution in [-0.4, -0.2) is 50.9 Å². The summed E-state index contributed by atoms with van der Waals surface area (Å²) in [7, 11) is 0. The zero-order chi connectivity index (χ0) is 35.8. The molecule has 2 fully saturated rings. The van der Waals surface area contributed by atoms with Crippen molar-refractivity contribution < 1.29 is 24.2 Å². The maximum atomic E-state index is 14.6. The third-order valence-corrected chi connectivity index (χ3v) is 10.5. The Hall–Kier alpha value is -6.03. The van der Waals surface area contributed by atoms with E-state index < -0.39 is 35.2 Å².